The molecule has 0 spiro atoms. The number of hydrogen-bond acceptors (Lipinski definition) is 3. The molecule has 1 aromatic carbocycles. The Kier molecular flexibility index (Phi) is 5.87. The van der Waals surface area contributed by atoms with E-state index in [1.807, 2.05) is 24.3 Å². The second kappa shape index (κ2) is 7.88. The van der Waals surface area contributed by atoms with Crippen LogP contribution in [-0.4, -0.2) is 49.4 Å². The van der Waals surface area contributed by atoms with Gasteiger partial charge < -0.3 is 20.1 Å². The van der Waals surface area contributed by atoms with Crippen LogP contribution in [0.1, 0.15) is 18.4 Å². The summed E-state index contributed by atoms with van der Waals surface area (Å²) in [7, 11) is 1.65. The second-order valence-electron chi connectivity index (χ2n) is 5.47. The molecule has 1 heterocycles. The SMILES string of the molecule is COc1ccc(CCNC(=O)N2CCCC(CO)C2)cc1. The van der Waals surface area contributed by atoms with Gasteiger partial charge in [-0.1, -0.05) is 12.1 Å². The van der Waals surface area contributed by atoms with E-state index in [1.54, 1.807) is 12.0 Å². The van der Waals surface area contributed by atoms with Crippen molar-refractivity contribution in [3.63, 3.8) is 0 Å². The molecule has 1 saturated heterocycles. The topological polar surface area (TPSA) is 61.8 Å². The molecular formula is C16H24N2O3. The number of aliphatic hydroxyl groups is 1. The first-order valence-corrected chi connectivity index (χ1v) is 7.49. The molecule has 0 radical (unpaired) electrons. The fourth-order valence-electron chi connectivity index (χ4n) is 2.62. The summed E-state index contributed by atoms with van der Waals surface area (Å²) < 4.78 is 5.12. The van der Waals surface area contributed by atoms with Crippen LogP contribution in [0.4, 0.5) is 4.79 Å². The van der Waals surface area contributed by atoms with Crippen LogP contribution in [-0.2, 0) is 6.42 Å². The van der Waals surface area contributed by atoms with E-state index in [4.69, 9.17) is 4.74 Å². The van der Waals surface area contributed by atoms with Gasteiger partial charge in [-0.2, -0.15) is 0 Å². The largest absolute Gasteiger partial charge is 0.497 e. The molecule has 0 aromatic heterocycles. The molecule has 1 atom stereocenters. The number of aliphatic hydroxyl groups excluding tert-OH is 1. The lowest BCUT2D eigenvalue weighted by Crippen LogP contribution is -2.46. The highest BCUT2D eigenvalue weighted by Gasteiger charge is 2.22. The van der Waals surface area contributed by atoms with Gasteiger partial charge in [-0.05, 0) is 42.9 Å². The summed E-state index contributed by atoms with van der Waals surface area (Å²) in [5.74, 6) is 1.07. The monoisotopic (exact) mass is 292 g/mol. The maximum Gasteiger partial charge on any atom is 0.317 e. The molecule has 2 amide bonds. The molecule has 5 heteroatoms. The first-order chi connectivity index (χ1) is 10.2. The fraction of sp³-hybridized carbons (Fsp3) is 0.562. The van der Waals surface area contributed by atoms with Crippen LogP contribution in [0.2, 0.25) is 0 Å². The molecule has 1 aliphatic heterocycles. The highest BCUT2D eigenvalue weighted by Crippen LogP contribution is 2.15. The first-order valence-electron chi connectivity index (χ1n) is 7.49. The van der Waals surface area contributed by atoms with Crippen LogP contribution in [0.3, 0.4) is 0 Å². The van der Waals surface area contributed by atoms with Crippen molar-refractivity contribution >= 4 is 6.03 Å². The number of benzene rings is 1. The van der Waals surface area contributed by atoms with E-state index in [1.165, 1.54) is 5.56 Å². The summed E-state index contributed by atoms with van der Waals surface area (Å²) in [6.45, 7) is 2.22. The lowest BCUT2D eigenvalue weighted by molar-refractivity contribution is 0.129. The Bertz CT molecular complexity index is 447. The van der Waals surface area contributed by atoms with Crippen molar-refractivity contribution in [3.05, 3.63) is 29.8 Å². The highest BCUT2D eigenvalue weighted by molar-refractivity contribution is 5.74. The third-order valence-corrected chi connectivity index (χ3v) is 3.91. The van der Waals surface area contributed by atoms with Gasteiger partial charge in [-0.25, -0.2) is 4.79 Å². The van der Waals surface area contributed by atoms with Crippen LogP contribution >= 0.6 is 0 Å². The average molecular weight is 292 g/mol. The number of piperidine rings is 1. The zero-order valence-corrected chi connectivity index (χ0v) is 12.5. The summed E-state index contributed by atoms with van der Waals surface area (Å²) in [5, 5.41) is 12.1. The van der Waals surface area contributed by atoms with Gasteiger partial charge in [0.25, 0.3) is 0 Å². The van der Waals surface area contributed by atoms with Gasteiger partial charge in [0.1, 0.15) is 5.75 Å². The Morgan fingerprint density at radius 1 is 1.43 bits per heavy atom. The number of ether oxygens (including phenoxy) is 1. The van der Waals surface area contributed by atoms with E-state index < -0.39 is 0 Å². The van der Waals surface area contributed by atoms with E-state index in [0.717, 1.165) is 31.6 Å². The van der Waals surface area contributed by atoms with E-state index in [2.05, 4.69) is 5.32 Å². The molecule has 1 fully saturated rings. The Morgan fingerprint density at radius 2 is 2.19 bits per heavy atom. The molecule has 2 N–H and O–H groups in total. The van der Waals surface area contributed by atoms with Crippen molar-refractivity contribution in [1.29, 1.82) is 0 Å². The number of nitrogens with zero attached hydrogens (tertiary/aromatic N) is 1. The van der Waals surface area contributed by atoms with Crippen molar-refractivity contribution < 1.29 is 14.6 Å². The maximum absolute atomic E-state index is 12.1. The number of amides is 2. The Hall–Kier alpha value is -1.75. The van der Waals surface area contributed by atoms with E-state index in [-0.39, 0.29) is 18.6 Å². The zero-order valence-electron chi connectivity index (χ0n) is 12.5. The third kappa shape index (κ3) is 4.63. The van der Waals surface area contributed by atoms with E-state index in [0.29, 0.717) is 13.1 Å². The predicted octanol–water partition coefficient (Wildman–Crippen LogP) is 1.65. The molecule has 0 bridgehead atoms. The number of urea groups is 1. The molecule has 0 aliphatic carbocycles. The second-order valence-corrected chi connectivity index (χ2v) is 5.47. The van der Waals surface area contributed by atoms with Gasteiger partial charge >= 0.3 is 6.03 Å². The van der Waals surface area contributed by atoms with Crippen LogP contribution in [0.25, 0.3) is 0 Å². The smallest absolute Gasteiger partial charge is 0.317 e. The highest BCUT2D eigenvalue weighted by atomic mass is 16.5. The van der Waals surface area contributed by atoms with Gasteiger partial charge in [-0.15, -0.1) is 0 Å². The molecule has 1 aliphatic rings. The number of hydrogen-bond donors (Lipinski definition) is 2. The number of carbonyl (C=O) groups is 1. The van der Waals surface area contributed by atoms with Crippen LogP contribution < -0.4 is 10.1 Å². The Morgan fingerprint density at radius 3 is 2.86 bits per heavy atom. The number of nitrogens with one attached hydrogen (secondary N) is 1. The average Bonchev–Trinajstić information content (AvgIpc) is 2.55. The van der Waals surface area contributed by atoms with Crippen LogP contribution in [0.15, 0.2) is 24.3 Å². The van der Waals surface area contributed by atoms with Crippen molar-refractivity contribution in [2.24, 2.45) is 5.92 Å². The molecule has 1 unspecified atom stereocenters. The Balaban J connectivity index is 1.73. The van der Waals surface area contributed by atoms with Gasteiger partial charge in [0, 0.05) is 26.2 Å². The number of methoxy groups -OCH3 is 1. The molecule has 5 nitrogen and oxygen atoms in total. The van der Waals surface area contributed by atoms with Crippen molar-refractivity contribution in [3.8, 4) is 5.75 Å². The molecule has 1 aromatic rings. The number of carbonyl (C=O) groups excluding carboxylic acids is 1. The summed E-state index contributed by atoms with van der Waals surface area (Å²) in [6.07, 6.45) is 2.77. The lowest BCUT2D eigenvalue weighted by Gasteiger charge is -2.31. The molecule has 2 rings (SSSR count). The quantitative estimate of drug-likeness (QED) is 0.867. The summed E-state index contributed by atoms with van der Waals surface area (Å²) in [4.78, 5) is 13.9. The third-order valence-electron chi connectivity index (χ3n) is 3.91. The Labute approximate surface area is 125 Å². The number of likely N-dealkylation sites (tertiary alicyclic amines) is 1. The minimum absolute atomic E-state index is 0.0262. The van der Waals surface area contributed by atoms with Crippen molar-refractivity contribution in [2.45, 2.75) is 19.3 Å². The molecule has 0 saturated carbocycles. The summed E-state index contributed by atoms with van der Waals surface area (Å²) in [6, 6.07) is 7.84. The first kappa shape index (κ1) is 15.6. The minimum Gasteiger partial charge on any atom is -0.497 e. The van der Waals surface area contributed by atoms with Crippen molar-refractivity contribution in [2.75, 3.05) is 33.4 Å². The normalized spacial score (nSPS) is 18.4. The fourth-order valence-corrected chi connectivity index (χ4v) is 2.62. The van der Waals surface area contributed by atoms with Crippen LogP contribution in [0.5, 0.6) is 5.75 Å². The molecule has 21 heavy (non-hydrogen) atoms. The maximum atomic E-state index is 12.1. The van der Waals surface area contributed by atoms with E-state index in [9.17, 15) is 9.90 Å². The van der Waals surface area contributed by atoms with E-state index >= 15 is 0 Å². The van der Waals surface area contributed by atoms with Crippen molar-refractivity contribution in [1.82, 2.24) is 10.2 Å². The zero-order chi connectivity index (χ0) is 15.1. The van der Waals surface area contributed by atoms with Crippen LogP contribution in [0, 0.1) is 5.92 Å². The van der Waals surface area contributed by atoms with Gasteiger partial charge in [0.2, 0.25) is 0 Å². The lowest BCUT2D eigenvalue weighted by atomic mass is 9.99. The molecule has 116 valence electrons. The van der Waals surface area contributed by atoms with Gasteiger partial charge in [-0.3, -0.25) is 0 Å². The predicted molar refractivity (Wildman–Crippen MR) is 81.5 cm³/mol. The standard InChI is InChI=1S/C16H24N2O3/c1-21-15-6-4-13(5-7-15)8-9-17-16(20)18-10-2-3-14(11-18)12-19/h4-7,14,19H,2-3,8-12H2,1H3,(H,17,20). The summed E-state index contributed by atoms with van der Waals surface area (Å²) in [5.41, 5.74) is 1.17. The molecular weight excluding hydrogens is 268 g/mol. The summed E-state index contributed by atoms with van der Waals surface area (Å²) >= 11 is 0. The van der Waals surface area contributed by atoms with Gasteiger partial charge in [0.05, 0.1) is 7.11 Å². The minimum atomic E-state index is -0.0262. The van der Waals surface area contributed by atoms with Gasteiger partial charge in [0.15, 0.2) is 0 Å². The number of rotatable bonds is 5.